The van der Waals surface area contributed by atoms with Crippen LogP contribution in [0.15, 0.2) is 0 Å². The molecule has 0 heterocycles. The molecule has 0 saturated carbocycles. The lowest BCUT2D eigenvalue weighted by molar-refractivity contribution is 0.429. The van der Waals surface area contributed by atoms with Crippen LogP contribution in [0, 0.1) is 0 Å². The largest absolute Gasteiger partial charge is 0.311 e. The van der Waals surface area contributed by atoms with E-state index in [1.165, 1.54) is 0 Å². The highest BCUT2D eigenvalue weighted by Gasteiger charge is 2.09. The van der Waals surface area contributed by atoms with Crippen LogP contribution in [0.3, 0.4) is 0 Å². The molecule has 0 aromatic heterocycles. The standard InChI is InChI=1S/C7H19N2O2PS/c1-7(2,3)8-5-6-9-13(10,11)12-4/h8-9,12H,5-6H2,1-4H3. The average molecular weight is 226 g/mol. The Kier molecular flexibility index (Phi) is 5.37. The van der Waals surface area contributed by atoms with E-state index >= 15 is 0 Å². The van der Waals surface area contributed by atoms with Gasteiger partial charge in [-0.1, -0.05) is 0 Å². The van der Waals surface area contributed by atoms with Crippen molar-refractivity contribution in [2.45, 2.75) is 26.3 Å². The molecule has 2 N–H and O–H groups in total. The summed E-state index contributed by atoms with van der Waals surface area (Å²) in [5.41, 5.74) is 0.0416. The molecule has 6 heteroatoms. The molecule has 0 saturated heterocycles. The van der Waals surface area contributed by atoms with Crippen molar-refractivity contribution in [1.82, 2.24) is 10.0 Å². The van der Waals surface area contributed by atoms with Gasteiger partial charge in [-0.2, -0.15) is 0 Å². The molecule has 0 radical (unpaired) electrons. The third-order valence-electron chi connectivity index (χ3n) is 1.34. The van der Waals surface area contributed by atoms with Gasteiger partial charge in [-0.05, 0) is 27.4 Å². The Balaban J connectivity index is 3.59. The van der Waals surface area contributed by atoms with Crippen molar-refractivity contribution in [3.8, 4) is 0 Å². The van der Waals surface area contributed by atoms with Gasteiger partial charge in [-0.3, -0.25) is 0 Å². The quantitative estimate of drug-likeness (QED) is 0.530. The molecular formula is C7H19N2O2PS. The van der Waals surface area contributed by atoms with Gasteiger partial charge < -0.3 is 5.32 Å². The van der Waals surface area contributed by atoms with Crippen LogP contribution in [0.2, 0.25) is 0 Å². The maximum atomic E-state index is 11.0. The van der Waals surface area contributed by atoms with E-state index in [0.717, 1.165) is 0 Å². The third kappa shape index (κ3) is 8.63. The molecule has 0 spiro atoms. The summed E-state index contributed by atoms with van der Waals surface area (Å²) >= 11 is 0. The van der Waals surface area contributed by atoms with Crippen LogP contribution < -0.4 is 10.0 Å². The molecule has 80 valence electrons. The normalized spacial score (nSPS) is 14.2. The summed E-state index contributed by atoms with van der Waals surface area (Å²) < 4.78 is 24.5. The molecular weight excluding hydrogens is 207 g/mol. The van der Waals surface area contributed by atoms with Gasteiger partial charge in [0.05, 0.1) is 0 Å². The van der Waals surface area contributed by atoms with E-state index < -0.39 is 9.64 Å². The maximum absolute atomic E-state index is 11.0. The minimum Gasteiger partial charge on any atom is -0.311 e. The summed E-state index contributed by atoms with van der Waals surface area (Å²) in [6, 6.07) is 0. The number of rotatable bonds is 5. The highest BCUT2D eigenvalue weighted by molar-refractivity contribution is 8.42. The fourth-order valence-electron chi connectivity index (χ4n) is 0.695. The Morgan fingerprint density at radius 2 is 1.77 bits per heavy atom. The Hall–Kier alpha value is 0.300. The summed E-state index contributed by atoms with van der Waals surface area (Å²) in [7, 11) is -3.08. The number of hydrogen-bond donors (Lipinski definition) is 2. The van der Waals surface area contributed by atoms with Crippen LogP contribution in [0.25, 0.3) is 0 Å². The molecule has 0 aromatic rings. The molecule has 0 amide bonds. The topological polar surface area (TPSA) is 58.2 Å². The van der Waals surface area contributed by atoms with Crippen molar-refractivity contribution in [1.29, 1.82) is 0 Å². The predicted molar refractivity (Wildman–Crippen MR) is 58.9 cm³/mol. The summed E-state index contributed by atoms with van der Waals surface area (Å²) in [6.07, 6.45) is 0. The fraction of sp³-hybridized carbons (Fsp3) is 1.00. The van der Waals surface area contributed by atoms with Gasteiger partial charge in [0, 0.05) is 26.4 Å². The Morgan fingerprint density at radius 3 is 2.15 bits per heavy atom. The van der Waals surface area contributed by atoms with Crippen LogP contribution in [0.1, 0.15) is 20.8 Å². The molecule has 0 bridgehead atoms. The highest BCUT2D eigenvalue weighted by Crippen LogP contribution is 2.10. The Morgan fingerprint density at radius 1 is 1.23 bits per heavy atom. The summed E-state index contributed by atoms with van der Waals surface area (Å²) in [4.78, 5) is 0. The van der Waals surface area contributed by atoms with Gasteiger partial charge in [0.25, 0.3) is 0 Å². The second kappa shape index (κ2) is 5.25. The molecule has 13 heavy (non-hydrogen) atoms. The van der Waals surface area contributed by atoms with Crippen molar-refractivity contribution < 1.29 is 8.42 Å². The molecule has 0 rings (SSSR count). The second-order valence-electron chi connectivity index (χ2n) is 3.78. The number of hydrogen-bond acceptors (Lipinski definition) is 3. The van der Waals surface area contributed by atoms with Crippen LogP contribution >= 0.6 is 7.78 Å². The molecule has 0 aliphatic rings. The first-order chi connectivity index (χ1) is 5.77. The van der Waals surface area contributed by atoms with E-state index in [1.807, 2.05) is 20.8 Å². The van der Waals surface area contributed by atoms with Crippen LogP contribution in [0.4, 0.5) is 0 Å². The maximum Gasteiger partial charge on any atom is 0.224 e. The van der Waals surface area contributed by atoms with Gasteiger partial charge >= 0.3 is 0 Å². The summed E-state index contributed by atoms with van der Waals surface area (Å²) in [5, 5.41) is 3.19. The first-order valence-corrected chi connectivity index (χ1v) is 7.91. The van der Waals surface area contributed by atoms with E-state index in [1.54, 1.807) is 6.66 Å². The zero-order valence-electron chi connectivity index (χ0n) is 8.64. The van der Waals surface area contributed by atoms with Gasteiger partial charge in [0.1, 0.15) is 0 Å². The van der Waals surface area contributed by atoms with Gasteiger partial charge in [-0.15, -0.1) is 0 Å². The lowest BCUT2D eigenvalue weighted by atomic mass is 10.1. The zero-order chi connectivity index (χ0) is 10.5. The molecule has 0 aromatic carbocycles. The smallest absolute Gasteiger partial charge is 0.224 e. The van der Waals surface area contributed by atoms with Crippen molar-refractivity contribution in [2.75, 3.05) is 19.8 Å². The summed E-state index contributed by atoms with van der Waals surface area (Å²) in [5.74, 6) is 0. The van der Waals surface area contributed by atoms with Crippen molar-refractivity contribution >= 4 is 17.4 Å². The average Bonchev–Trinajstić information content (AvgIpc) is 1.97. The number of nitrogens with one attached hydrogen (secondary N) is 2. The van der Waals surface area contributed by atoms with E-state index in [2.05, 4.69) is 10.0 Å². The monoisotopic (exact) mass is 226 g/mol. The van der Waals surface area contributed by atoms with E-state index in [0.29, 0.717) is 13.1 Å². The van der Waals surface area contributed by atoms with Crippen LogP contribution in [-0.2, 0) is 9.64 Å². The minimum absolute atomic E-state index is 0.0416. The molecule has 0 fully saturated rings. The van der Waals surface area contributed by atoms with Crippen molar-refractivity contribution in [3.05, 3.63) is 0 Å². The lowest BCUT2D eigenvalue weighted by Crippen LogP contribution is -2.40. The minimum atomic E-state index is -3.00. The fourth-order valence-corrected chi connectivity index (χ4v) is 1.95. The lowest BCUT2D eigenvalue weighted by Gasteiger charge is -2.20. The van der Waals surface area contributed by atoms with E-state index in [-0.39, 0.29) is 13.3 Å². The van der Waals surface area contributed by atoms with E-state index in [9.17, 15) is 8.42 Å². The highest BCUT2D eigenvalue weighted by atomic mass is 32.8. The summed E-state index contributed by atoms with van der Waals surface area (Å²) in [6.45, 7) is 8.91. The van der Waals surface area contributed by atoms with Gasteiger partial charge in [0.2, 0.25) is 9.64 Å². The molecule has 0 aliphatic carbocycles. The van der Waals surface area contributed by atoms with Crippen LogP contribution in [-0.4, -0.2) is 33.7 Å². The first kappa shape index (κ1) is 13.3. The molecule has 4 nitrogen and oxygen atoms in total. The third-order valence-corrected chi connectivity index (χ3v) is 4.51. The molecule has 1 atom stereocenters. The Labute approximate surface area is 82.5 Å². The SMILES string of the molecule is CPS(=O)(=O)NCCNC(C)(C)C. The second-order valence-corrected chi connectivity index (χ2v) is 8.32. The zero-order valence-corrected chi connectivity index (χ0v) is 10.5. The first-order valence-electron chi connectivity index (χ1n) is 4.20. The van der Waals surface area contributed by atoms with Crippen LogP contribution in [0.5, 0.6) is 0 Å². The molecule has 1 unspecified atom stereocenters. The van der Waals surface area contributed by atoms with Crippen molar-refractivity contribution in [2.24, 2.45) is 0 Å². The van der Waals surface area contributed by atoms with E-state index in [4.69, 9.17) is 0 Å². The van der Waals surface area contributed by atoms with Crippen molar-refractivity contribution in [3.63, 3.8) is 0 Å². The Bertz CT molecular complexity index is 233. The molecule has 0 aliphatic heterocycles. The predicted octanol–water partition coefficient (Wildman–Crippen LogP) is 0.517. The van der Waals surface area contributed by atoms with Gasteiger partial charge in [-0.25, -0.2) is 13.1 Å². The van der Waals surface area contributed by atoms with Gasteiger partial charge in [0.15, 0.2) is 0 Å².